The van der Waals surface area contributed by atoms with Crippen molar-refractivity contribution in [2.75, 3.05) is 11.1 Å². The number of rotatable bonds is 5. The maximum Gasteiger partial charge on any atom is 0.263 e. The molecule has 6 aromatic rings. The number of aromatic nitrogens is 5. The summed E-state index contributed by atoms with van der Waals surface area (Å²) in [5.74, 6) is 1.03. The molecule has 1 unspecified atom stereocenters. The predicted molar refractivity (Wildman–Crippen MR) is 147 cm³/mol. The topological polar surface area (TPSA) is 112 Å². The van der Waals surface area contributed by atoms with E-state index in [2.05, 4.69) is 25.3 Å². The van der Waals surface area contributed by atoms with Crippen molar-refractivity contribution in [3.63, 3.8) is 0 Å². The first kappa shape index (κ1) is 22.4. The van der Waals surface area contributed by atoms with Gasteiger partial charge in [0.15, 0.2) is 5.82 Å². The lowest BCUT2D eigenvalue weighted by Gasteiger charge is -2.22. The minimum atomic E-state index is -0.278. The number of nitrogens with two attached hydrogens (primary N) is 1. The Morgan fingerprint density at radius 2 is 1.76 bits per heavy atom. The van der Waals surface area contributed by atoms with Gasteiger partial charge < -0.3 is 11.1 Å². The number of nitrogens with one attached hydrogen (secondary N) is 1. The van der Waals surface area contributed by atoms with Gasteiger partial charge in [0.25, 0.3) is 5.56 Å². The number of fused-ring (bicyclic) bond motifs is 2. The van der Waals surface area contributed by atoms with Crippen LogP contribution in [0.5, 0.6) is 0 Å². The van der Waals surface area contributed by atoms with Crippen molar-refractivity contribution in [2.24, 2.45) is 0 Å². The van der Waals surface area contributed by atoms with Crippen molar-refractivity contribution in [1.29, 1.82) is 0 Å². The van der Waals surface area contributed by atoms with Crippen LogP contribution >= 0.6 is 0 Å². The predicted octanol–water partition coefficient (Wildman–Crippen LogP) is 5.15. The Balaban J connectivity index is 1.56. The number of pyridine rings is 3. The molecule has 2 aromatic carbocycles. The molecule has 0 aliphatic carbocycles. The second-order valence-electron chi connectivity index (χ2n) is 8.75. The summed E-state index contributed by atoms with van der Waals surface area (Å²) in [5.41, 5.74) is 10.3. The lowest BCUT2D eigenvalue weighted by molar-refractivity contribution is 0.774. The zero-order valence-electron chi connectivity index (χ0n) is 20.0. The highest BCUT2D eigenvalue weighted by molar-refractivity contribution is 5.96. The van der Waals surface area contributed by atoms with E-state index in [0.29, 0.717) is 22.5 Å². The smallest absolute Gasteiger partial charge is 0.263 e. The quantitative estimate of drug-likeness (QED) is 0.347. The van der Waals surface area contributed by atoms with Gasteiger partial charge in [-0.25, -0.2) is 15.0 Å². The van der Waals surface area contributed by atoms with Crippen LogP contribution in [0.2, 0.25) is 0 Å². The lowest BCUT2D eigenvalue weighted by Crippen LogP contribution is -2.26. The van der Waals surface area contributed by atoms with Crippen LogP contribution in [0.3, 0.4) is 0 Å². The van der Waals surface area contributed by atoms with Crippen molar-refractivity contribution in [1.82, 2.24) is 24.5 Å². The summed E-state index contributed by atoms with van der Waals surface area (Å²) in [6.07, 6.45) is 4.92. The first-order valence-electron chi connectivity index (χ1n) is 11.9. The van der Waals surface area contributed by atoms with Crippen LogP contribution in [0.1, 0.15) is 18.7 Å². The fourth-order valence-corrected chi connectivity index (χ4v) is 4.63. The summed E-state index contributed by atoms with van der Waals surface area (Å²) in [6.45, 7) is 2.00. The maximum atomic E-state index is 14.2. The van der Waals surface area contributed by atoms with E-state index in [4.69, 9.17) is 5.73 Å². The van der Waals surface area contributed by atoms with Crippen molar-refractivity contribution >= 4 is 33.4 Å². The molecule has 8 nitrogen and oxygen atoms in total. The highest BCUT2D eigenvalue weighted by Gasteiger charge is 2.20. The Morgan fingerprint density at radius 3 is 2.57 bits per heavy atom. The summed E-state index contributed by atoms with van der Waals surface area (Å²) in [6, 6.07) is 24.6. The van der Waals surface area contributed by atoms with Crippen LogP contribution in [-0.4, -0.2) is 24.5 Å². The van der Waals surface area contributed by atoms with E-state index in [1.807, 2.05) is 79.7 Å². The fourth-order valence-electron chi connectivity index (χ4n) is 4.63. The lowest BCUT2D eigenvalue weighted by atomic mass is 9.99. The number of hydrogen-bond donors (Lipinski definition) is 2. The molecule has 3 N–H and O–H groups in total. The van der Waals surface area contributed by atoms with Gasteiger partial charge in [-0.15, -0.1) is 0 Å². The van der Waals surface area contributed by atoms with Crippen LogP contribution in [0.25, 0.3) is 38.6 Å². The van der Waals surface area contributed by atoms with E-state index in [9.17, 15) is 4.79 Å². The van der Waals surface area contributed by atoms with Crippen LogP contribution < -0.4 is 16.6 Å². The monoisotopic (exact) mass is 485 g/mol. The Hall–Kier alpha value is -5.11. The van der Waals surface area contributed by atoms with E-state index < -0.39 is 0 Å². The molecule has 0 saturated carbocycles. The normalized spacial score (nSPS) is 12.0. The number of benzene rings is 2. The fraction of sp³-hybridized carbons (Fsp3) is 0.0690. The maximum absolute atomic E-state index is 14.2. The van der Waals surface area contributed by atoms with Crippen molar-refractivity contribution in [3.8, 4) is 16.8 Å². The zero-order valence-corrected chi connectivity index (χ0v) is 20.0. The SMILES string of the molecule is CC(Nc1ncnc2cccnc12)c1cc2cccc(-c3ccc(N)nc3)c2c(=O)n1-c1ccccc1. The van der Waals surface area contributed by atoms with Gasteiger partial charge in [0, 0.05) is 29.3 Å². The average Bonchev–Trinajstić information content (AvgIpc) is 2.94. The largest absolute Gasteiger partial charge is 0.384 e. The molecule has 180 valence electrons. The summed E-state index contributed by atoms with van der Waals surface area (Å²) in [4.78, 5) is 31.7. The highest BCUT2D eigenvalue weighted by atomic mass is 16.1. The molecule has 0 saturated heterocycles. The molecule has 37 heavy (non-hydrogen) atoms. The highest BCUT2D eigenvalue weighted by Crippen LogP contribution is 2.30. The van der Waals surface area contributed by atoms with Gasteiger partial charge in [0.1, 0.15) is 17.7 Å². The second kappa shape index (κ2) is 9.16. The summed E-state index contributed by atoms with van der Waals surface area (Å²) >= 11 is 0. The molecule has 0 amide bonds. The van der Waals surface area contributed by atoms with Gasteiger partial charge in [-0.2, -0.15) is 0 Å². The van der Waals surface area contributed by atoms with Crippen molar-refractivity contribution in [2.45, 2.75) is 13.0 Å². The van der Waals surface area contributed by atoms with E-state index >= 15 is 0 Å². The van der Waals surface area contributed by atoms with E-state index in [-0.39, 0.29) is 11.6 Å². The molecular weight excluding hydrogens is 462 g/mol. The van der Waals surface area contributed by atoms with Gasteiger partial charge in [-0.1, -0.05) is 36.4 Å². The number of para-hydroxylation sites is 1. The molecule has 0 bridgehead atoms. The number of nitrogen functional groups attached to an aromatic ring is 1. The van der Waals surface area contributed by atoms with Gasteiger partial charge >= 0.3 is 0 Å². The Kier molecular flexibility index (Phi) is 5.54. The van der Waals surface area contributed by atoms with E-state index in [0.717, 1.165) is 33.4 Å². The molecule has 0 radical (unpaired) electrons. The molecule has 6 rings (SSSR count). The molecule has 4 aromatic heterocycles. The molecule has 4 heterocycles. The molecule has 8 heteroatoms. The third-order valence-corrected chi connectivity index (χ3v) is 6.38. The standard InChI is InChI=1S/C29H23N7O/c1-18(35-28-27-23(33-17-34-28)11-6-14-31-27)24-15-19-7-5-10-22(20-12-13-25(30)32-16-20)26(19)29(37)36(24)21-8-3-2-4-9-21/h2-18H,1H3,(H2,30,32)(H,33,34,35). The summed E-state index contributed by atoms with van der Waals surface area (Å²) in [7, 11) is 0. The van der Waals surface area contributed by atoms with E-state index in [1.54, 1.807) is 23.0 Å². The average molecular weight is 486 g/mol. The Bertz CT molecular complexity index is 1790. The first-order valence-corrected chi connectivity index (χ1v) is 11.9. The van der Waals surface area contributed by atoms with Crippen molar-refractivity contribution in [3.05, 3.63) is 114 Å². The van der Waals surface area contributed by atoms with Crippen LogP contribution in [0, 0.1) is 0 Å². The van der Waals surface area contributed by atoms with Crippen LogP contribution in [0.4, 0.5) is 11.6 Å². The Morgan fingerprint density at radius 1 is 0.892 bits per heavy atom. The first-order chi connectivity index (χ1) is 18.1. The third-order valence-electron chi connectivity index (χ3n) is 6.38. The summed E-state index contributed by atoms with van der Waals surface area (Å²) < 4.78 is 1.75. The Labute approximate surface area is 212 Å². The summed E-state index contributed by atoms with van der Waals surface area (Å²) in [5, 5.41) is 4.91. The van der Waals surface area contributed by atoms with Gasteiger partial charge in [-0.05, 0) is 60.3 Å². The molecule has 1 atom stereocenters. The van der Waals surface area contributed by atoms with Crippen molar-refractivity contribution < 1.29 is 0 Å². The molecule has 0 spiro atoms. The van der Waals surface area contributed by atoms with Gasteiger partial charge in [0.2, 0.25) is 0 Å². The minimum Gasteiger partial charge on any atom is -0.384 e. The second-order valence-corrected chi connectivity index (χ2v) is 8.75. The molecule has 0 aliphatic rings. The van der Waals surface area contributed by atoms with E-state index in [1.165, 1.54) is 6.33 Å². The van der Waals surface area contributed by atoms with Crippen LogP contribution in [-0.2, 0) is 0 Å². The van der Waals surface area contributed by atoms with Gasteiger partial charge in [-0.3, -0.25) is 14.3 Å². The van der Waals surface area contributed by atoms with Gasteiger partial charge in [0.05, 0.1) is 16.9 Å². The zero-order chi connectivity index (χ0) is 25.4. The van der Waals surface area contributed by atoms with Crippen LogP contribution in [0.15, 0.2) is 102 Å². The minimum absolute atomic E-state index is 0.120. The molecule has 0 aliphatic heterocycles. The molecular formula is C29H23N7O. The number of anilines is 2. The third kappa shape index (κ3) is 4.04. The molecule has 0 fully saturated rings. The number of nitrogens with zero attached hydrogens (tertiary/aromatic N) is 5. The number of hydrogen-bond acceptors (Lipinski definition) is 7.